The fraction of sp³-hybridized carbons (Fsp3) is 0.462. The highest BCUT2D eigenvalue weighted by Gasteiger charge is 2.28. The van der Waals surface area contributed by atoms with Crippen LogP contribution < -0.4 is 14.8 Å². The van der Waals surface area contributed by atoms with Crippen LogP contribution in [0, 0.1) is 0 Å². The van der Waals surface area contributed by atoms with Crippen molar-refractivity contribution in [1.29, 1.82) is 0 Å². The Hall–Kier alpha value is -2.73. The van der Waals surface area contributed by atoms with Crippen molar-refractivity contribution in [3.8, 4) is 11.5 Å². The van der Waals surface area contributed by atoms with E-state index in [1.807, 2.05) is 37.3 Å². The fourth-order valence-electron chi connectivity index (χ4n) is 4.43. The normalized spacial score (nSPS) is 16.3. The molecule has 176 valence electrons. The Labute approximate surface area is 200 Å². The Morgan fingerprint density at radius 1 is 1.03 bits per heavy atom. The number of rotatable bonds is 8. The predicted octanol–water partition coefficient (Wildman–Crippen LogP) is 4.87. The zero-order valence-electron chi connectivity index (χ0n) is 19.0. The van der Waals surface area contributed by atoms with Gasteiger partial charge in [-0.15, -0.1) is 0 Å². The number of hydrogen-bond acceptors (Lipinski definition) is 4. The zero-order valence-corrected chi connectivity index (χ0v) is 19.8. The van der Waals surface area contributed by atoms with Gasteiger partial charge >= 0.3 is 0 Å². The van der Waals surface area contributed by atoms with Crippen molar-refractivity contribution in [2.45, 2.75) is 70.5 Å². The second-order valence-corrected chi connectivity index (χ2v) is 9.29. The van der Waals surface area contributed by atoms with E-state index in [-0.39, 0.29) is 24.6 Å². The van der Waals surface area contributed by atoms with Crippen molar-refractivity contribution < 1.29 is 19.1 Å². The van der Waals surface area contributed by atoms with E-state index in [9.17, 15) is 9.59 Å². The van der Waals surface area contributed by atoms with Gasteiger partial charge in [-0.05, 0) is 61.6 Å². The molecule has 1 aliphatic heterocycles. The van der Waals surface area contributed by atoms with Gasteiger partial charge in [-0.1, -0.05) is 49.1 Å². The minimum absolute atomic E-state index is 0.0612. The third kappa shape index (κ3) is 6.20. The first-order valence-corrected chi connectivity index (χ1v) is 12.1. The first-order chi connectivity index (χ1) is 16.0. The number of fused-ring (bicyclic) bond motifs is 1. The number of hydrogen-bond donors (Lipinski definition) is 1. The van der Waals surface area contributed by atoms with E-state index < -0.39 is 6.04 Å². The molecule has 0 radical (unpaired) electrons. The molecule has 0 unspecified atom stereocenters. The van der Waals surface area contributed by atoms with Crippen molar-refractivity contribution in [2.24, 2.45) is 0 Å². The molecule has 4 rings (SSSR count). The van der Waals surface area contributed by atoms with Crippen LogP contribution in [0.15, 0.2) is 42.5 Å². The van der Waals surface area contributed by atoms with Crippen LogP contribution in [0.2, 0.25) is 5.02 Å². The molecule has 0 saturated heterocycles. The molecule has 1 heterocycles. The Morgan fingerprint density at radius 3 is 2.48 bits per heavy atom. The van der Waals surface area contributed by atoms with Gasteiger partial charge in [0, 0.05) is 24.0 Å². The van der Waals surface area contributed by atoms with Crippen LogP contribution in [0.25, 0.3) is 0 Å². The SMILES string of the molecule is C[C@H](C(=O)NC1CCCCC1)N(Cc1ccc(Cl)cc1)C(=O)CCc1ccc2c(c1)OCO2. The number of aryl methyl sites for hydroxylation is 1. The Morgan fingerprint density at radius 2 is 1.73 bits per heavy atom. The first kappa shape index (κ1) is 23.4. The first-order valence-electron chi connectivity index (χ1n) is 11.7. The molecule has 6 nitrogen and oxygen atoms in total. The van der Waals surface area contributed by atoms with Crippen molar-refractivity contribution in [3.63, 3.8) is 0 Å². The summed E-state index contributed by atoms with van der Waals surface area (Å²) in [5, 5.41) is 3.81. The van der Waals surface area contributed by atoms with Crippen LogP contribution in [0.4, 0.5) is 0 Å². The predicted molar refractivity (Wildman–Crippen MR) is 127 cm³/mol. The van der Waals surface area contributed by atoms with Gasteiger partial charge in [0.1, 0.15) is 6.04 Å². The lowest BCUT2D eigenvalue weighted by Gasteiger charge is -2.31. The fourth-order valence-corrected chi connectivity index (χ4v) is 4.56. The number of ether oxygens (including phenoxy) is 2. The summed E-state index contributed by atoms with van der Waals surface area (Å²) in [6.07, 6.45) is 6.38. The van der Waals surface area contributed by atoms with Gasteiger partial charge in [-0.2, -0.15) is 0 Å². The van der Waals surface area contributed by atoms with Gasteiger partial charge in [0.25, 0.3) is 0 Å². The third-order valence-electron chi connectivity index (χ3n) is 6.45. The molecule has 2 aromatic carbocycles. The second kappa shape index (κ2) is 10.9. The molecule has 1 saturated carbocycles. The standard InChI is InChI=1S/C26H31ClN2O4/c1-18(26(31)28-22-5-3-2-4-6-22)29(16-20-7-11-21(27)12-8-20)25(30)14-10-19-9-13-23-24(15-19)33-17-32-23/h7-9,11-13,15,18,22H,2-6,10,14,16-17H2,1H3,(H,28,31)/t18-/m1/s1. The molecule has 0 aromatic heterocycles. The number of nitrogens with one attached hydrogen (secondary N) is 1. The highest BCUT2D eigenvalue weighted by Crippen LogP contribution is 2.33. The summed E-state index contributed by atoms with van der Waals surface area (Å²) in [7, 11) is 0. The van der Waals surface area contributed by atoms with Gasteiger partial charge in [-0.3, -0.25) is 9.59 Å². The van der Waals surface area contributed by atoms with Crippen LogP contribution in [-0.2, 0) is 22.6 Å². The number of carbonyl (C=O) groups excluding carboxylic acids is 2. The number of halogens is 1. The van der Waals surface area contributed by atoms with Crippen molar-refractivity contribution in [3.05, 3.63) is 58.6 Å². The van der Waals surface area contributed by atoms with Crippen molar-refractivity contribution >= 4 is 23.4 Å². The monoisotopic (exact) mass is 470 g/mol. The molecule has 1 N–H and O–H groups in total. The molecule has 1 atom stereocenters. The summed E-state index contributed by atoms with van der Waals surface area (Å²) < 4.78 is 10.8. The molecule has 0 spiro atoms. The van der Waals surface area contributed by atoms with Crippen LogP contribution >= 0.6 is 11.6 Å². The van der Waals surface area contributed by atoms with Gasteiger partial charge in [-0.25, -0.2) is 0 Å². The van der Waals surface area contributed by atoms with E-state index in [4.69, 9.17) is 21.1 Å². The second-order valence-electron chi connectivity index (χ2n) is 8.86. The smallest absolute Gasteiger partial charge is 0.242 e. The number of amides is 2. The number of benzene rings is 2. The molecule has 33 heavy (non-hydrogen) atoms. The molecule has 1 aliphatic carbocycles. The van der Waals surface area contributed by atoms with Gasteiger partial charge in [0.05, 0.1) is 0 Å². The average molecular weight is 471 g/mol. The molecule has 0 bridgehead atoms. The topological polar surface area (TPSA) is 67.9 Å². The highest BCUT2D eigenvalue weighted by atomic mass is 35.5. The van der Waals surface area contributed by atoms with Crippen LogP contribution in [-0.4, -0.2) is 35.6 Å². The number of nitrogens with zero attached hydrogens (tertiary/aromatic N) is 1. The molecule has 7 heteroatoms. The molecular formula is C26H31ClN2O4. The van der Waals surface area contributed by atoms with Crippen LogP contribution in [0.3, 0.4) is 0 Å². The lowest BCUT2D eigenvalue weighted by Crippen LogP contribution is -2.50. The van der Waals surface area contributed by atoms with E-state index in [2.05, 4.69) is 5.32 Å². The van der Waals surface area contributed by atoms with Gasteiger partial charge in [0.15, 0.2) is 11.5 Å². The van der Waals surface area contributed by atoms with E-state index >= 15 is 0 Å². The lowest BCUT2D eigenvalue weighted by molar-refractivity contribution is -0.141. The van der Waals surface area contributed by atoms with Gasteiger partial charge < -0.3 is 19.7 Å². The maximum Gasteiger partial charge on any atom is 0.242 e. The maximum atomic E-state index is 13.3. The summed E-state index contributed by atoms with van der Waals surface area (Å²) in [4.78, 5) is 28.0. The summed E-state index contributed by atoms with van der Waals surface area (Å²) in [6, 6.07) is 12.8. The number of carbonyl (C=O) groups is 2. The Kier molecular flexibility index (Phi) is 7.76. The van der Waals surface area contributed by atoms with Crippen molar-refractivity contribution in [1.82, 2.24) is 10.2 Å². The van der Waals surface area contributed by atoms with Crippen molar-refractivity contribution in [2.75, 3.05) is 6.79 Å². The molecular weight excluding hydrogens is 440 g/mol. The largest absolute Gasteiger partial charge is 0.454 e. The zero-order chi connectivity index (χ0) is 23.2. The lowest BCUT2D eigenvalue weighted by atomic mass is 9.95. The summed E-state index contributed by atoms with van der Waals surface area (Å²) in [5.41, 5.74) is 1.94. The van der Waals surface area contributed by atoms with Crippen LogP contribution in [0.1, 0.15) is 56.6 Å². The summed E-state index contributed by atoms with van der Waals surface area (Å²) in [6.45, 7) is 2.39. The maximum absolute atomic E-state index is 13.3. The third-order valence-corrected chi connectivity index (χ3v) is 6.70. The highest BCUT2D eigenvalue weighted by molar-refractivity contribution is 6.30. The summed E-state index contributed by atoms with van der Waals surface area (Å²) in [5.74, 6) is 1.28. The van der Waals surface area contributed by atoms with E-state index in [1.165, 1.54) is 6.42 Å². The van der Waals surface area contributed by atoms with Crippen LogP contribution in [0.5, 0.6) is 11.5 Å². The minimum Gasteiger partial charge on any atom is -0.454 e. The molecule has 2 aromatic rings. The molecule has 1 fully saturated rings. The molecule has 2 amide bonds. The Balaban J connectivity index is 1.44. The van der Waals surface area contributed by atoms with Gasteiger partial charge in [0.2, 0.25) is 18.6 Å². The average Bonchev–Trinajstić information content (AvgIpc) is 3.30. The quantitative estimate of drug-likeness (QED) is 0.597. The summed E-state index contributed by atoms with van der Waals surface area (Å²) >= 11 is 6.03. The van der Waals surface area contributed by atoms with E-state index in [0.29, 0.717) is 30.2 Å². The van der Waals surface area contributed by atoms with E-state index in [1.54, 1.807) is 17.0 Å². The minimum atomic E-state index is -0.563. The molecule has 2 aliphatic rings. The van der Waals surface area contributed by atoms with E-state index in [0.717, 1.165) is 42.6 Å². The Bertz CT molecular complexity index is 973.